The highest BCUT2D eigenvalue weighted by atomic mass is 16.3. The van der Waals surface area contributed by atoms with Crippen LogP contribution in [0.5, 0.6) is 0 Å². The van der Waals surface area contributed by atoms with Crippen LogP contribution < -0.4 is 5.32 Å². The Morgan fingerprint density at radius 3 is 2.79 bits per heavy atom. The topological polar surface area (TPSA) is 117 Å². The second-order valence-corrected chi connectivity index (χ2v) is 7.91. The van der Waals surface area contributed by atoms with Gasteiger partial charge in [-0.3, -0.25) is 19.7 Å². The van der Waals surface area contributed by atoms with E-state index in [0.29, 0.717) is 30.6 Å². The Labute approximate surface area is 167 Å². The van der Waals surface area contributed by atoms with E-state index in [1.165, 1.54) is 4.90 Å². The van der Waals surface area contributed by atoms with Crippen molar-refractivity contribution >= 4 is 17.7 Å². The van der Waals surface area contributed by atoms with Crippen molar-refractivity contribution in [2.24, 2.45) is 5.92 Å². The molecule has 0 spiro atoms. The molecule has 3 amide bonds. The van der Waals surface area contributed by atoms with Crippen LogP contribution in [0.2, 0.25) is 0 Å². The fourth-order valence-corrected chi connectivity index (χ4v) is 3.67. The number of aliphatic hydroxyl groups excluding tert-OH is 1. The van der Waals surface area contributed by atoms with Gasteiger partial charge >= 0.3 is 0 Å². The number of aromatic nitrogens is 3. The lowest BCUT2D eigenvalue weighted by Crippen LogP contribution is -2.52. The fourth-order valence-electron chi connectivity index (χ4n) is 3.67. The summed E-state index contributed by atoms with van der Waals surface area (Å²) in [6, 6.07) is 4.73. The van der Waals surface area contributed by atoms with Crippen LogP contribution in [0.4, 0.5) is 0 Å². The van der Waals surface area contributed by atoms with Crippen LogP contribution >= 0.6 is 0 Å². The van der Waals surface area contributed by atoms with Crippen LogP contribution in [0.3, 0.4) is 0 Å². The minimum atomic E-state index is -0.633. The molecule has 2 N–H and O–H groups in total. The molecule has 1 aromatic heterocycles. The molecular weight excluding hydrogens is 374 g/mol. The molecule has 0 saturated carbocycles. The lowest BCUT2D eigenvalue weighted by atomic mass is 10.0. The minimum Gasteiger partial charge on any atom is -0.392 e. The second kappa shape index (κ2) is 7.40. The Morgan fingerprint density at radius 2 is 2.07 bits per heavy atom. The molecule has 152 valence electrons. The molecule has 2 atom stereocenters. The van der Waals surface area contributed by atoms with Gasteiger partial charge in [0.1, 0.15) is 6.04 Å². The van der Waals surface area contributed by atoms with E-state index in [-0.39, 0.29) is 24.2 Å². The first kappa shape index (κ1) is 19.3. The zero-order valence-electron chi connectivity index (χ0n) is 16.3. The van der Waals surface area contributed by atoms with Gasteiger partial charge in [0.2, 0.25) is 11.8 Å². The zero-order chi connectivity index (χ0) is 20.7. The predicted molar refractivity (Wildman–Crippen MR) is 102 cm³/mol. The Morgan fingerprint density at radius 1 is 1.28 bits per heavy atom. The maximum Gasteiger partial charge on any atom is 0.255 e. The summed E-state index contributed by atoms with van der Waals surface area (Å²) in [4.78, 5) is 37.8. The maximum atomic E-state index is 12.8. The molecule has 2 aliphatic rings. The molecule has 2 aromatic rings. The number of carbonyl (C=O) groups is 3. The first-order chi connectivity index (χ1) is 13.8. The molecule has 1 fully saturated rings. The molecular formula is C20H23N5O4. The van der Waals surface area contributed by atoms with E-state index < -0.39 is 18.1 Å². The van der Waals surface area contributed by atoms with Crippen molar-refractivity contribution < 1.29 is 19.5 Å². The summed E-state index contributed by atoms with van der Waals surface area (Å²) >= 11 is 0. The minimum absolute atomic E-state index is 0.129. The van der Waals surface area contributed by atoms with Crippen LogP contribution in [0.1, 0.15) is 48.3 Å². The molecule has 4 rings (SSSR count). The molecule has 9 heteroatoms. The van der Waals surface area contributed by atoms with Crippen molar-refractivity contribution in [2.45, 2.75) is 51.8 Å². The van der Waals surface area contributed by atoms with Gasteiger partial charge in [0.05, 0.1) is 23.7 Å². The lowest BCUT2D eigenvalue weighted by Gasteiger charge is -2.29. The van der Waals surface area contributed by atoms with Crippen molar-refractivity contribution in [1.82, 2.24) is 25.2 Å². The summed E-state index contributed by atoms with van der Waals surface area (Å²) in [5.74, 6) is -0.806. The number of fused-ring (bicyclic) bond motifs is 1. The Balaban J connectivity index is 1.53. The van der Waals surface area contributed by atoms with E-state index in [2.05, 4.69) is 15.6 Å². The lowest BCUT2D eigenvalue weighted by molar-refractivity contribution is -0.136. The number of amides is 3. The van der Waals surface area contributed by atoms with Crippen molar-refractivity contribution in [3.05, 3.63) is 41.2 Å². The number of nitrogens with one attached hydrogen (secondary N) is 1. The predicted octanol–water partition coefficient (Wildman–Crippen LogP) is 0.588. The van der Waals surface area contributed by atoms with Gasteiger partial charge in [0.25, 0.3) is 5.91 Å². The van der Waals surface area contributed by atoms with E-state index in [1.54, 1.807) is 23.0 Å². The van der Waals surface area contributed by atoms with Crippen LogP contribution in [0.15, 0.2) is 24.4 Å². The number of nitrogens with zero attached hydrogens (tertiary/aromatic N) is 4. The van der Waals surface area contributed by atoms with Crippen molar-refractivity contribution in [2.75, 3.05) is 0 Å². The van der Waals surface area contributed by atoms with E-state index in [0.717, 1.165) is 11.3 Å². The normalized spacial score (nSPS) is 20.2. The highest BCUT2D eigenvalue weighted by Gasteiger charge is 2.39. The highest BCUT2D eigenvalue weighted by Crippen LogP contribution is 2.29. The maximum absolute atomic E-state index is 12.8. The van der Waals surface area contributed by atoms with Gasteiger partial charge in [-0.25, -0.2) is 4.68 Å². The molecule has 1 aromatic carbocycles. The Kier molecular flexibility index (Phi) is 4.91. The number of carbonyl (C=O) groups excluding carboxylic acids is 3. The van der Waals surface area contributed by atoms with E-state index in [4.69, 9.17) is 0 Å². The van der Waals surface area contributed by atoms with Gasteiger partial charge in [-0.05, 0) is 36.1 Å². The van der Waals surface area contributed by atoms with E-state index in [9.17, 15) is 19.5 Å². The Bertz CT molecular complexity index is 983. The third-order valence-corrected chi connectivity index (χ3v) is 5.50. The van der Waals surface area contributed by atoms with E-state index >= 15 is 0 Å². The molecule has 29 heavy (non-hydrogen) atoms. The second-order valence-electron chi connectivity index (χ2n) is 7.91. The van der Waals surface area contributed by atoms with Gasteiger partial charge < -0.3 is 10.0 Å². The summed E-state index contributed by atoms with van der Waals surface area (Å²) in [5.41, 5.74) is 2.79. The number of hydrogen-bond donors (Lipinski definition) is 2. The number of rotatable bonds is 5. The molecule has 2 aliphatic heterocycles. The number of benzene rings is 1. The molecule has 0 aliphatic carbocycles. The molecule has 1 saturated heterocycles. The third kappa shape index (κ3) is 3.65. The molecule has 3 heterocycles. The van der Waals surface area contributed by atoms with Gasteiger partial charge in [0.15, 0.2) is 0 Å². The van der Waals surface area contributed by atoms with Crippen LogP contribution in [0.25, 0.3) is 5.69 Å². The average Bonchev–Trinajstić information content (AvgIpc) is 3.26. The SMILES string of the molecule is CC(C)C(O)Cc1cn(-c2ccc3c(c2)CN(C2CCC(=O)NC2=O)C3=O)nn1. The Hall–Kier alpha value is -3.07. The number of aliphatic hydroxyl groups is 1. The van der Waals surface area contributed by atoms with Crippen LogP contribution in [-0.4, -0.2) is 54.9 Å². The zero-order valence-corrected chi connectivity index (χ0v) is 16.3. The van der Waals surface area contributed by atoms with Gasteiger partial charge in [-0.2, -0.15) is 0 Å². The average molecular weight is 397 g/mol. The van der Waals surface area contributed by atoms with Crippen molar-refractivity contribution in [3.63, 3.8) is 0 Å². The van der Waals surface area contributed by atoms with E-state index in [1.807, 2.05) is 19.9 Å². The number of piperidine rings is 1. The summed E-state index contributed by atoms with van der Waals surface area (Å²) in [6.07, 6.45) is 2.26. The molecule has 0 bridgehead atoms. The monoisotopic (exact) mass is 397 g/mol. The fraction of sp³-hybridized carbons (Fsp3) is 0.450. The molecule has 2 unspecified atom stereocenters. The summed E-state index contributed by atoms with van der Waals surface area (Å²) < 4.78 is 1.61. The van der Waals surface area contributed by atoms with Gasteiger partial charge in [0, 0.05) is 24.9 Å². The smallest absolute Gasteiger partial charge is 0.255 e. The number of imide groups is 1. The van der Waals surface area contributed by atoms with Gasteiger partial charge in [-0.15, -0.1) is 5.10 Å². The molecule has 0 radical (unpaired) electrons. The quantitative estimate of drug-likeness (QED) is 0.713. The first-order valence-corrected chi connectivity index (χ1v) is 9.70. The number of hydrogen-bond acceptors (Lipinski definition) is 6. The van der Waals surface area contributed by atoms with Crippen molar-refractivity contribution in [1.29, 1.82) is 0 Å². The molecule has 9 nitrogen and oxygen atoms in total. The highest BCUT2D eigenvalue weighted by molar-refractivity contribution is 6.05. The van der Waals surface area contributed by atoms with Gasteiger partial charge in [-0.1, -0.05) is 19.1 Å². The van der Waals surface area contributed by atoms with Crippen molar-refractivity contribution in [3.8, 4) is 5.69 Å². The summed E-state index contributed by atoms with van der Waals surface area (Å²) in [7, 11) is 0. The first-order valence-electron chi connectivity index (χ1n) is 9.70. The summed E-state index contributed by atoms with van der Waals surface area (Å²) in [5, 5.41) is 20.6. The largest absolute Gasteiger partial charge is 0.392 e. The summed E-state index contributed by atoms with van der Waals surface area (Å²) in [6.45, 7) is 4.20. The van der Waals surface area contributed by atoms with Crippen LogP contribution in [0, 0.1) is 5.92 Å². The van der Waals surface area contributed by atoms with Crippen LogP contribution in [-0.2, 0) is 22.6 Å². The standard InChI is InChI=1S/C20H23N5O4/c1-11(2)17(26)8-13-10-25(23-22-13)14-3-4-15-12(7-14)9-24(20(15)29)16-5-6-18(27)21-19(16)28/h3-4,7,10-11,16-17,26H,5-6,8-9H2,1-2H3,(H,21,27,28). The third-order valence-electron chi connectivity index (χ3n) is 5.50.